The number of alkyl halides is 3. The van der Waals surface area contributed by atoms with Gasteiger partial charge >= 0.3 is 6.18 Å². The van der Waals surface area contributed by atoms with E-state index < -0.39 is 26.7 Å². The Hall–Kier alpha value is -2.17. The third kappa shape index (κ3) is 4.29. The molecule has 2 aromatic heterocycles. The number of nitrogens with one attached hydrogen (secondary N) is 1. The fourth-order valence-electron chi connectivity index (χ4n) is 2.95. The number of aryl methyl sites for hydroxylation is 1. The second-order valence-electron chi connectivity index (χ2n) is 6.20. The number of aromatic nitrogens is 2. The first-order valence-electron chi connectivity index (χ1n) is 8.33. The normalized spacial score (nSPS) is 12.5. The van der Waals surface area contributed by atoms with Crippen molar-refractivity contribution in [1.29, 1.82) is 0 Å². The molecule has 2 heterocycles. The van der Waals surface area contributed by atoms with Crippen LogP contribution in [0.25, 0.3) is 11.1 Å². The van der Waals surface area contributed by atoms with Crippen LogP contribution in [0, 0.1) is 13.8 Å². The van der Waals surface area contributed by atoms with Crippen molar-refractivity contribution in [2.24, 2.45) is 0 Å². The van der Waals surface area contributed by atoms with E-state index in [4.69, 9.17) is 0 Å². The summed E-state index contributed by atoms with van der Waals surface area (Å²) in [6.07, 6.45) is -4.60. The van der Waals surface area contributed by atoms with Gasteiger partial charge < -0.3 is 0 Å². The summed E-state index contributed by atoms with van der Waals surface area (Å²) in [7, 11) is -4.06. The minimum absolute atomic E-state index is 0.00359. The van der Waals surface area contributed by atoms with Crippen LogP contribution < -0.4 is 4.72 Å². The van der Waals surface area contributed by atoms with Crippen molar-refractivity contribution in [2.75, 3.05) is 6.54 Å². The van der Waals surface area contributed by atoms with Gasteiger partial charge in [-0.1, -0.05) is 6.07 Å². The monoisotopic (exact) mass is 429 g/mol. The van der Waals surface area contributed by atoms with Gasteiger partial charge in [0.1, 0.15) is 0 Å². The van der Waals surface area contributed by atoms with Gasteiger partial charge in [-0.25, -0.2) is 13.1 Å². The maximum absolute atomic E-state index is 12.8. The van der Waals surface area contributed by atoms with E-state index in [2.05, 4.69) is 9.82 Å². The molecule has 1 aromatic carbocycles. The van der Waals surface area contributed by atoms with Gasteiger partial charge in [0.15, 0.2) is 0 Å². The molecule has 0 radical (unpaired) electrons. The third-order valence-electron chi connectivity index (χ3n) is 4.28. The maximum atomic E-state index is 12.8. The van der Waals surface area contributed by atoms with Crippen molar-refractivity contribution < 1.29 is 21.6 Å². The van der Waals surface area contributed by atoms with Gasteiger partial charge in [0.2, 0.25) is 10.0 Å². The van der Waals surface area contributed by atoms with Crippen molar-refractivity contribution in [3.8, 4) is 11.1 Å². The quantitative estimate of drug-likeness (QED) is 0.638. The Morgan fingerprint density at radius 3 is 2.61 bits per heavy atom. The SMILES string of the molecule is Cc1nn(CCNS(=O)(=O)c2cccc(C(F)(F)F)c2)c(C)c1-c1ccsc1. The Morgan fingerprint density at radius 1 is 1.21 bits per heavy atom. The first-order valence-corrected chi connectivity index (χ1v) is 10.8. The molecule has 0 bridgehead atoms. The number of sulfonamides is 1. The second kappa shape index (κ2) is 7.69. The maximum Gasteiger partial charge on any atom is 0.416 e. The molecule has 0 fully saturated rings. The molecule has 150 valence electrons. The number of hydrogen-bond acceptors (Lipinski definition) is 4. The highest BCUT2D eigenvalue weighted by atomic mass is 32.2. The van der Waals surface area contributed by atoms with Crippen LogP contribution in [-0.4, -0.2) is 24.7 Å². The van der Waals surface area contributed by atoms with E-state index in [9.17, 15) is 21.6 Å². The molecule has 0 aliphatic carbocycles. The smallest absolute Gasteiger partial charge is 0.268 e. The van der Waals surface area contributed by atoms with Gasteiger partial charge in [-0.15, -0.1) is 0 Å². The number of benzene rings is 1. The van der Waals surface area contributed by atoms with Gasteiger partial charge in [0.25, 0.3) is 0 Å². The van der Waals surface area contributed by atoms with Gasteiger partial charge in [0, 0.05) is 17.8 Å². The summed E-state index contributed by atoms with van der Waals surface area (Å²) in [5.74, 6) is 0. The molecular weight excluding hydrogens is 411 g/mol. The van der Waals surface area contributed by atoms with Crippen LogP contribution in [0.1, 0.15) is 17.0 Å². The topological polar surface area (TPSA) is 64.0 Å². The van der Waals surface area contributed by atoms with Crippen LogP contribution in [0.15, 0.2) is 46.0 Å². The largest absolute Gasteiger partial charge is 0.416 e. The summed E-state index contributed by atoms with van der Waals surface area (Å²) in [4.78, 5) is -0.422. The Bertz CT molecular complexity index is 1070. The molecule has 0 spiro atoms. The summed E-state index contributed by atoms with van der Waals surface area (Å²) < 4.78 is 67.1. The van der Waals surface area contributed by atoms with Crippen LogP contribution >= 0.6 is 11.3 Å². The fraction of sp³-hybridized carbons (Fsp3) is 0.278. The van der Waals surface area contributed by atoms with Gasteiger partial charge in [-0.2, -0.15) is 29.6 Å². The van der Waals surface area contributed by atoms with E-state index in [0.717, 1.165) is 40.7 Å². The highest BCUT2D eigenvalue weighted by Crippen LogP contribution is 2.30. The standard InChI is InChI=1S/C18H18F3N3O2S2/c1-12-17(14-6-9-27-11-14)13(2)24(23-12)8-7-22-28(25,26)16-5-3-4-15(10-16)18(19,20)21/h3-6,9-11,22H,7-8H2,1-2H3. The van der Waals surface area contributed by atoms with Crippen LogP contribution in [0.2, 0.25) is 0 Å². The predicted molar refractivity (Wildman–Crippen MR) is 102 cm³/mol. The number of halogens is 3. The lowest BCUT2D eigenvalue weighted by Gasteiger charge is -2.11. The first kappa shape index (κ1) is 20.6. The van der Waals surface area contributed by atoms with Gasteiger partial charge in [-0.3, -0.25) is 4.68 Å². The van der Waals surface area contributed by atoms with Crippen molar-refractivity contribution in [2.45, 2.75) is 31.5 Å². The Labute approximate surface area is 164 Å². The minimum atomic E-state index is -4.60. The van der Waals surface area contributed by atoms with Crippen LogP contribution in [0.3, 0.4) is 0 Å². The lowest BCUT2D eigenvalue weighted by molar-refractivity contribution is -0.137. The first-order chi connectivity index (χ1) is 13.1. The molecule has 0 unspecified atom stereocenters. The van der Waals surface area contributed by atoms with E-state index in [1.807, 2.05) is 30.7 Å². The lowest BCUT2D eigenvalue weighted by atomic mass is 10.1. The van der Waals surface area contributed by atoms with Crippen molar-refractivity contribution in [3.05, 3.63) is 58.0 Å². The highest BCUT2D eigenvalue weighted by Gasteiger charge is 2.31. The summed E-state index contributed by atoms with van der Waals surface area (Å²) in [6.45, 7) is 4.04. The molecule has 0 aliphatic heterocycles. The number of nitrogens with zero attached hydrogens (tertiary/aromatic N) is 2. The molecule has 5 nitrogen and oxygen atoms in total. The van der Waals surface area contributed by atoms with E-state index in [0.29, 0.717) is 6.07 Å². The zero-order chi connectivity index (χ0) is 20.5. The van der Waals surface area contributed by atoms with E-state index >= 15 is 0 Å². The third-order valence-corrected chi connectivity index (χ3v) is 6.42. The Kier molecular flexibility index (Phi) is 5.64. The molecular formula is C18H18F3N3O2S2. The highest BCUT2D eigenvalue weighted by molar-refractivity contribution is 7.89. The predicted octanol–water partition coefficient (Wildman–Crippen LogP) is 4.23. The number of rotatable bonds is 6. The zero-order valence-electron chi connectivity index (χ0n) is 15.1. The summed E-state index contributed by atoms with van der Waals surface area (Å²) >= 11 is 1.57. The second-order valence-corrected chi connectivity index (χ2v) is 8.75. The lowest BCUT2D eigenvalue weighted by Crippen LogP contribution is -2.28. The summed E-state index contributed by atoms with van der Waals surface area (Å²) in [5, 5.41) is 8.42. The molecule has 1 N–H and O–H groups in total. The fourth-order valence-corrected chi connectivity index (χ4v) is 4.66. The average molecular weight is 429 g/mol. The Balaban J connectivity index is 1.72. The van der Waals surface area contributed by atoms with Crippen molar-refractivity contribution in [1.82, 2.24) is 14.5 Å². The van der Waals surface area contributed by atoms with Crippen LogP contribution in [-0.2, 0) is 22.7 Å². The molecule has 28 heavy (non-hydrogen) atoms. The molecule has 3 rings (SSSR count). The number of hydrogen-bond donors (Lipinski definition) is 1. The number of thiophene rings is 1. The van der Waals surface area contributed by atoms with Gasteiger partial charge in [0.05, 0.1) is 22.7 Å². The van der Waals surface area contributed by atoms with Crippen LogP contribution in [0.4, 0.5) is 13.2 Å². The molecule has 0 aliphatic rings. The van der Waals surface area contributed by atoms with Crippen molar-refractivity contribution >= 4 is 21.4 Å². The minimum Gasteiger partial charge on any atom is -0.268 e. The molecule has 3 aromatic rings. The Morgan fingerprint density at radius 2 is 1.96 bits per heavy atom. The van der Waals surface area contributed by atoms with E-state index in [1.165, 1.54) is 0 Å². The average Bonchev–Trinajstić information content (AvgIpc) is 3.22. The molecule has 0 atom stereocenters. The molecule has 0 saturated heterocycles. The van der Waals surface area contributed by atoms with E-state index in [-0.39, 0.29) is 13.1 Å². The molecule has 10 heteroatoms. The molecule has 0 saturated carbocycles. The zero-order valence-corrected chi connectivity index (χ0v) is 16.7. The summed E-state index contributed by atoms with van der Waals surface area (Å²) in [6, 6.07) is 5.66. The summed E-state index contributed by atoms with van der Waals surface area (Å²) in [5.41, 5.74) is 2.78. The molecule has 0 amide bonds. The van der Waals surface area contributed by atoms with Crippen LogP contribution in [0.5, 0.6) is 0 Å². The van der Waals surface area contributed by atoms with E-state index in [1.54, 1.807) is 16.0 Å². The van der Waals surface area contributed by atoms with Crippen molar-refractivity contribution in [3.63, 3.8) is 0 Å². The van der Waals surface area contributed by atoms with Gasteiger partial charge in [-0.05, 0) is 54.4 Å².